The van der Waals surface area contributed by atoms with Crippen LogP contribution in [0.2, 0.25) is 5.02 Å². The van der Waals surface area contributed by atoms with E-state index in [0.29, 0.717) is 51.6 Å². The Kier molecular flexibility index (Phi) is 4.79. The van der Waals surface area contributed by atoms with E-state index in [-0.39, 0.29) is 30.1 Å². The van der Waals surface area contributed by atoms with E-state index in [4.69, 9.17) is 16.3 Å². The number of imidazole rings is 1. The molecule has 2 aliphatic heterocycles. The lowest BCUT2D eigenvalue weighted by Gasteiger charge is -2.27. The monoisotopic (exact) mass is 487 g/mol. The molecule has 1 saturated heterocycles. The topological polar surface area (TPSA) is 113 Å². The molecule has 4 aromatic rings. The van der Waals surface area contributed by atoms with Gasteiger partial charge in [0.2, 0.25) is 5.88 Å². The van der Waals surface area contributed by atoms with Crippen LogP contribution < -0.4 is 10.4 Å². The second kappa shape index (κ2) is 7.89. The van der Waals surface area contributed by atoms with Gasteiger partial charge in [0.25, 0.3) is 5.91 Å². The van der Waals surface area contributed by atoms with Gasteiger partial charge in [-0.2, -0.15) is 5.26 Å². The number of likely N-dealkylation sites (tertiary alicyclic amines) is 1. The Labute approximate surface area is 204 Å². The average Bonchev–Trinajstić information content (AvgIpc) is 3.54. The fourth-order valence-corrected chi connectivity index (χ4v) is 5.27. The number of rotatable bonds is 4. The number of hydrogen-bond donors (Lipinski definition) is 1. The number of halogens is 1. The molecule has 2 unspecified atom stereocenters. The molecule has 2 aromatic heterocycles. The molecule has 0 saturated carbocycles. The summed E-state index contributed by atoms with van der Waals surface area (Å²) >= 11 is 5.89. The smallest absolute Gasteiger partial charge is 0.336 e. The highest BCUT2D eigenvalue weighted by molar-refractivity contribution is 6.30. The van der Waals surface area contributed by atoms with Gasteiger partial charge in [0.15, 0.2) is 6.61 Å². The number of carbonyl (C=O) groups is 1. The largest absolute Gasteiger partial charge is 0.493 e. The van der Waals surface area contributed by atoms with Gasteiger partial charge in [-0.15, -0.1) is 0 Å². The van der Waals surface area contributed by atoms with Crippen LogP contribution in [0.15, 0.2) is 59.5 Å². The zero-order chi connectivity index (χ0) is 24.3. The number of nitriles is 1. The molecule has 1 N–H and O–H groups in total. The highest BCUT2D eigenvalue weighted by Crippen LogP contribution is 2.48. The van der Waals surface area contributed by atoms with Gasteiger partial charge in [-0.25, -0.2) is 9.36 Å². The number of aromatic nitrogens is 3. The fraction of sp³-hybridized carbons (Fsp3) is 0.200. The van der Waals surface area contributed by atoms with E-state index in [9.17, 15) is 20.0 Å². The summed E-state index contributed by atoms with van der Waals surface area (Å²) in [5.74, 6) is 0.0825. The molecule has 2 aliphatic rings. The van der Waals surface area contributed by atoms with E-state index in [1.165, 1.54) is 4.57 Å². The SMILES string of the molecule is N#Cc1ccc(-n2c(O)c3n(c2=O)C2CC3N(C(=O)COc3ccc(Cl)cc3)C2)c2cccnc12. The number of hydrogen-bond acceptors (Lipinski definition) is 6. The Morgan fingerprint density at radius 3 is 2.80 bits per heavy atom. The molecule has 2 aromatic carbocycles. The number of benzene rings is 2. The van der Waals surface area contributed by atoms with Crippen LogP contribution in [0, 0.1) is 11.3 Å². The number of fused-ring (bicyclic) bond motifs is 6. The molecular formula is C25H18ClN5O4. The minimum absolute atomic E-state index is 0.164. The van der Waals surface area contributed by atoms with E-state index in [1.54, 1.807) is 64.2 Å². The summed E-state index contributed by atoms with van der Waals surface area (Å²) in [5.41, 5.74) is 1.28. The quantitative estimate of drug-likeness (QED) is 0.472. The van der Waals surface area contributed by atoms with Crippen molar-refractivity contribution >= 4 is 28.4 Å². The van der Waals surface area contributed by atoms with E-state index >= 15 is 0 Å². The van der Waals surface area contributed by atoms with Crippen LogP contribution in [-0.4, -0.2) is 43.2 Å². The molecule has 9 nitrogen and oxygen atoms in total. The van der Waals surface area contributed by atoms with E-state index in [2.05, 4.69) is 11.1 Å². The van der Waals surface area contributed by atoms with Crippen molar-refractivity contribution in [1.82, 2.24) is 19.0 Å². The highest BCUT2D eigenvalue weighted by atomic mass is 35.5. The zero-order valence-electron chi connectivity index (χ0n) is 18.3. The van der Waals surface area contributed by atoms with Crippen molar-refractivity contribution in [3.05, 3.63) is 81.5 Å². The average molecular weight is 488 g/mol. The lowest BCUT2D eigenvalue weighted by molar-refractivity contribution is -0.134. The Bertz CT molecular complexity index is 1600. The van der Waals surface area contributed by atoms with E-state index in [0.717, 1.165) is 0 Å². The molecule has 174 valence electrons. The second-order valence-corrected chi connectivity index (χ2v) is 8.97. The minimum atomic E-state index is -0.432. The van der Waals surface area contributed by atoms with Gasteiger partial charge in [-0.1, -0.05) is 11.6 Å². The van der Waals surface area contributed by atoms with Crippen molar-refractivity contribution < 1.29 is 14.6 Å². The van der Waals surface area contributed by atoms with Gasteiger partial charge in [-0.05, 0) is 55.0 Å². The third kappa shape index (κ3) is 3.18. The first-order valence-corrected chi connectivity index (χ1v) is 11.4. The Hall–Kier alpha value is -4.29. The van der Waals surface area contributed by atoms with Crippen molar-refractivity contribution in [2.24, 2.45) is 0 Å². The maximum Gasteiger partial charge on any atom is 0.336 e. The molecule has 0 radical (unpaired) electrons. The number of carbonyl (C=O) groups excluding carboxylic acids is 1. The molecule has 2 atom stereocenters. The first kappa shape index (κ1) is 21.3. The molecule has 10 heteroatoms. The van der Waals surface area contributed by atoms with Crippen molar-refractivity contribution in [3.63, 3.8) is 0 Å². The van der Waals surface area contributed by atoms with Crippen LogP contribution >= 0.6 is 11.6 Å². The minimum Gasteiger partial charge on any atom is -0.493 e. The van der Waals surface area contributed by atoms with Crippen molar-refractivity contribution in [1.29, 1.82) is 5.26 Å². The lowest BCUT2D eigenvalue weighted by Crippen LogP contribution is -2.40. The van der Waals surface area contributed by atoms with Crippen LogP contribution in [0.5, 0.6) is 11.6 Å². The zero-order valence-corrected chi connectivity index (χ0v) is 19.0. The number of amides is 1. The number of nitrogens with zero attached hydrogens (tertiary/aromatic N) is 5. The predicted octanol–water partition coefficient (Wildman–Crippen LogP) is 3.32. The third-order valence-corrected chi connectivity index (χ3v) is 6.91. The maximum atomic E-state index is 13.4. The first-order valence-electron chi connectivity index (χ1n) is 11.0. The normalized spacial score (nSPS) is 18.0. The third-order valence-electron chi connectivity index (χ3n) is 6.66. The molecule has 4 heterocycles. The van der Waals surface area contributed by atoms with Gasteiger partial charge in [0.1, 0.15) is 17.5 Å². The molecule has 2 bridgehead atoms. The fourth-order valence-electron chi connectivity index (χ4n) is 5.14. The van der Waals surface area contributed by atoms with Gasteiger partial charge in [-0.3, -0.25) is 14.3 Å². The molecule has 6 rings (SSSR count). The molecule has 35 heavy (non-hydrogen) atoms. The molecule has 0 spiro atoms. The van der Waals surface area contributed by atoms with E-state index in [1.807, 2.05) is 0 Å². The number of ether oxygens (including phenoxy) is 1. The summed E-state index contributed by atoms with van der Waals surface area (Å²) in [5, 5.41) is 21.8. The molecule has 0 aliphatic carbocycles. The van der Waals surface area contributed by atoms with Crippen molar-refractivity contribution in [2.75, 3.05) is 13.2 Å². The number of aromatic hydroxyl groups is 1. The van der Waals surface area contributed by atoms with Gasteiger partial charge in [0.05, 0.1) is 28.9 Å². The molecular weight excluding hydrogens is 470 g/mol. The van der Waals surface area contributed by atoms with Gasteiger partial charge >= 0.3 is 5.69 Å². The van der Waals surface area contributed by atoms with Crippen molar-refractivity contribution in [3.8, 4) is 23.4 Å². The summed E-state index contributed by atoms with van der Waals surface area (Å²) in [6.07, 6.45) is 2.13. The maximum absolute atomic E-state index is 13.4. The standard InChI is InChI=1S/C25H18ClN5O4/c26-15-4-6-17(7-5-15)35-13-21(32)29-12-16-10-20(29)23-24(33)31(25(34)30(16)23)19-8-3-14(11-27)22-18(19)2-1-9-28-22/h1-9,16,20,33H,10,12-13H2. The Morgan fingerprint density at radius 1 is 1.23 bits per heavy atom. The Morgan fingerprint density at radius 2 is 2.03 bits per heavy atom. The lowest BCUT2D eigenvalue weighted by atomic mass is 10.1. The number of pyridine rings is 1. The highest BCUT2D eigenvalue weighted by Gasteiger charge is 2.49. The van der Waals surface area contributed by atoms with Gasteiger partial charge < -0.3 is 14.7 Å². The van der Waals surface area contributed by atoms with E-state index < -0.39 is 6.04 Å². The van der Waals surface area contributed by atoms with Crippen LogP contribution in [0.1, 0.15) is 29.8 Å². The first-order chi connectivity index (χ1) is 17.0. The van der Waals surface area contributed by atoms with Crippen LogP contribution in [-0.2, 0) is 4.79 Å². The van der Waals surface area contributed by atoms with Crippen LogP contribution in [0.4, 0.5) is 0 Å². The van der Waals surface area contributed by atoms with Crippen LogP contribution in [0.25, 0.3) is 16.6 Å². The second-order valence-electron chi connectivity index (χ2n) is 8.53. The predicted molar refractivity (Wildman–Crippen MR) is 127 cm³/mol. The summed E-state index contributed by atoms with van der Waals surface area (Å²) in [4.78, 5) is 32.3. The van der Waals surface area contributed by atoms with Gasteiger partial charge in [0, 0.05) is 23.2 Å². The van der Waals surface area contributed by atoms with Crippen molar-refractivity contribution in [2.45, 2.75) is 18.5 Å². The summed E-state index contributed by atoms with van der Waals surface area (Å²) in [7, 11) is 0. The van der Waals surface area contributed by atoms with Crippen LogP contribution in [0.3, 0.4) is 0 Å². The molecule has 1 amide bonds. The molecule has 1 fully saturated rings. The summed E-state index contributed by atoms with van der Waals surface area (Å²) < 4.78 is 8.42. The Balaban J connectivity index is 1.34. The summed E-state index contributed by atoms with van der Waals surface area (Å²) in [6.45, 7) is 0.196. The summed E-state index contributed by atoms with van der Waals surface area (Å²) in [6, 6.07) is 14.8.